The first kappa shape index (κ1) is 60.0. The fraction of sp³-hybridized carbons (Fsp3) is 0.778. The Balaban J connectivity index is 2.34. The van der Waals surface area contributed by atoms with Gasteiger partial charge < -0.3 is 59.9 Å². The maximum atomic E-state index is 13.7. The van der Waals surface area contributed by atoms with Gasteiger partial charge in [-0.2, -0.15) is 0 Å². The monoisotopic (exact) mass is 984 g/mol. The van der Waals surface area contributed by atoms with Crippen LogP contribution in [0.1, 0.15) is 136 Å². The van der Waals surface area contributed by atoms with E-state index >= 15 is 0 Å². The lowest BCUT2D eigenvalue weighted by Crippen LogP contribution is -2.56. The van der Waals surface area contributed by atoms with Crippen LogP contribution in [-0.2, 0) is 41.8 Å². The molecule has 0 aromatic heterocycles. The van der Waals surface area contributed by atoms with Crippen molar-refractivity contribution in [2.24, 2.45) is 11.8 Å². The summed E-state index contributed by atoms with van der Waals surface area (Å²) < 4.78 is 51.9. The highest BCUT2D eigenvalue weighted by molar-refractivity contribution is 7.47. The lowest BCUT2D eigenvalue weighted by atomic mass is 9.83. The molecule has 66 heavy (non-hydrogen) atoms. The van der Waals surface area contributed by atoms with E-state index in [4.69, 9.17) is 23.0 Å². The summed E-state index contributed by atoms with van der Waals surface area (Å²) in [5.74, 6) is -4.78. The molecule has 13 atom stereocenters. The quantitative estimate of drug-likeness (QED) is 0.0282. The van der Waals surface area contributed by atoms with Crippen LogP contribution >= 0.6 is 15.6 Å². The molecule has 10 N–H and O–H groups in total. The number of carbonyl (C=O) groups is 2. The van der Waals surface area contributed by atoms with Crippen LogP contribution in [0.4, 0.5) is 0 Å². The van der Waals surface area contributed by atoms with Gasteiger partial charge in [0, 0.05) is 24.7 Å². The van der Waals surface area contributed by atoms with E-state index in [1.54, 1.807) is 0 Å². The van der Waals surface area contributed by atoms with Gasteiger partial charge in [-0.3, -0.25) is 23.2 Å². The number of carbonyl (C=O) groups excluding carboxylic acids is 2. The average Bonchev–Trinajstić information content (AvgIpc) is 3.25. The smallest absolute Gasteiger partial charge is 0.461 e. The number of ether oxygens (including phenoxy) is 2. The molecule has 1 fully saturated rings. The van der Waals surface area contributed by atoms with Crippen LogP contribution in [-0.4, -0.2) is 137 Å². The molecule has 382 valence electrons. The van der Waals surface area contributed by atoms with Crippen LogP contribution in [0.2, 0.25) is 0 Å². The molecule has 1 heterocycles. The van der Waals surface area contributed by atoms with E-state index in [-0.39, 0.29) is 25.7 Å². The third-order valence-electron chi connectivity index (χ3n) is 11.5. The number of phosphoric acid groups is 2. The molecular formula is C45H78O19P2. The predicted octanol–water partition coefficient (Wildman–Crippen LogP) is 4.88. The zero-order valence-electron chi connectivity index (χ0n) is 38.4. The van der Waals surface area contributed by atoms with Gasteiger partial charge in [0.1, 0.15) is 31.0 Å². The molecule has 1 aliphatic heterocycles. The summed E-state index contributed by atoms with van der Waals surface area (Å²) in [6.45, 7) is 2.48. The van der Waals surface area contributed by atoms with Gasteiger partial charge in [0.15, 0.2) is 6.10 Å². The van der Waals surface area contributed by atoms with Crippen molar-refractivity contribution in [2.75, 3.05) is 13.2 Å². The molecular weight excluding hydrogens is 906 g/mol. The van der Waals surface area contributed by atoms with E-state index in [0.29, 0.717) is 19.3 Å². The molecule has 21 heteroatoms. The minimum atomic E-state index is -5.76. The second kappa shape index (κ2) is 32.6. The summed E-state index contributed by atoms with van der Waals surface area (Å²) in [5, 5.41) is 79.3. The molecule has 2 rings (SSSR count). The Hall–Kier alpha value is -2.16. The van der Waals surface area contributed by atoms with E-state index < -0.39 is 120 Å². The number of unbranched alkanes of at least 4 members (excludes halogenated alkanes) is 10. The summed E-state index contributed by atoms with van der Waals surface area (Å²) in [4.78, 5) is 56.5. The highest BCUT2D eigenvalue weighted by atomic mass is 31.2. The van der Waals surface area contributed by atoms with Crippen molar-refractivity contribution in [2.45, 2.75) is 197 Å². The van der Waals surface area contributed by atoms with Crippen LogP contribution in [0.3, 0.4) is 0 Å². The molecule has 2 bridgehead atoms. The number of phosphoric ester groups is 2. The van der Waals surface area contributed by atoms with Crippen LogP contribution < -0.4 is 0 Å². The molecule has 0 spiro atoms. The van der Waals surface area contributed by atoms with Crippen molar-refractivity contribution in [1.29, 1.82) is 0 Å². The van der Waals surface area contributed by atoms with Crippen molar-refractivity contribution < 1.29 is 92.2 Å². The Bertz CT molecular complexity index is 1580. The molecule has 1 unspecified atom stereocenters. The molecule has 19 nitrogen and oxygen atoms in total. The summed E-state index contributed by atoms with van der Waals surface area (Å²) in [6.07, 6.45) is 3.94. The number of fused-ring (bicyclic) bond motifs is 4. The number of hydrogen-bond donors (Lipinski definition) is 10. The van der Waals surface area contributed by atoms with E-state index in [1.807, 2.05) is 6.92 Å². The van der Waals surface area contributed by atoms with Crippen LogP contribution in [0.15, 0.2) is 48.6 Å². The number of allylic oxidation sites excluding steroid dienone is 5. The molecule has 0 radical (unpaired) electrons. The second-order valence-electron chi connectivity index (χ2n) is 17.1. The molecule has 1 saturated carbocycles. The zero-order valence-corrected chi connectivity index (χ0v) is 40.2. The maximum Gasteiger partial charge on any atom is 0.472 e. The summed E-state index contributed by atoms with van der Waals surface area (Å²) in [6, 6.07) is 0. The minimum absolute atomic E-state index is 0.0526. The van der Waals surface area contributed by atoms with Crippen molar-refractivity contribution in [3.8, 4) is 0 Å². The van der Waals surface area contributed by atoms with Crippen LogP contribution in [0.25, 0.3) is 0 Å². The third kappa shape index (κ3) is 24.4. The summed E-state index contributed by atoms with van der Waals surface area (Å²) in [5.41, 5.74) is 0. The number of esters is 2. The molecule has 2 aliphatic rings. The normalized spacial score (nSPS) is 32.4. The Morgan fingerprint density at radius 2 is 1.47 bits per heavy atom. The fourth-order valence-electron chi connectivity index (χ4n) is 7.67. The first-order valence-corrected chi connectivity index (χ1v) is 26.5. The minimum Gasteiger partial charge on any atom is -0.461 e. The van der Waals surface area contributed by atoms with Crippen molar-refractivity contribution >= 4 is 27.6 Å². The molecule has 0 aromatic carbocycles. The summed E-state index contributed by atoms with van der Waals surface area (Å²) in [7, 11) is -11.4. The second-order valence-corrected chi connectivity index (χ2v) is 19.7. The number of cyclic esters (lactones) is 1. The average molecular weight is 985 g/mol. The first-order chi connectivity index (χ1) is 31.3. The molecule has 1 aliphatic carbocycles. The van der Waals surface area contributed by atoms with Crippen molar-refractivity contribution in [1.82, 2.24) is 0 Å². The van der Waals surface area contributed by atoms with Gasteiger partial charge in [-0.15, -0.1) is 0 Å². The summed E-state index contributed by atoms with van der Waals surface area (Å²) >= 11 is 0. The van der Waals surface area contributed by atoms with E-state index in [2.05, 4.69) is 31.2 Å². The van der Waals surface area contributed by atoms with E-state index in [1.165, 1.54) is 37.5 Å². The van der Waals surface area contributed by atoms with Gasteiger partial charge in [0.2, 0.25) is 0 Å². The standard InChI is InChI=1S/C45H78O19P2/c1-3-5-7-8-9-10-11-12-13-14-15-16-17-18-20-26-39(50)62-33-30-60-38(49)25-22-21-24-34-36(47)29-37(48)35(28-27-32(46)23-19-6-4-2)41(52)44(63-65(55,56)57)45(43(54)42(53)40(34)51)64-66(58,59)61-31-33/h9-10,12-13,21-22,27-28,32-37,40-48,51-54H,3-8,11,14-20,23-26,29-31H2,1-2H3,(H,58,59)(H2,55,56,57)/b10-9-,13-12-,22-21-,28-27+/t32-,33-,34-,35+,36+,37-,40-,41-,42+,43-,44-,45+/m1/s1. The number of hydrogen-bond acceptors (Lipinski definition) is 16. The first-order valence-electron chi connectivity index (χ1n) is 23.4. The lowest BCUT2D eigenvalue weighted by molar-refractivity contribution is -0.165. The van der Waals surface area contributed by atoms with Gasteiger partial charge in [-0.1, -0.05) is 114 Å². The Morgan fingerprint density at radius 1 is 0.833 bits per heavy atom. The molecule has 0 saturated heterocycles. The Morgan fingerprint density at radius 3 is 2.14 bits per heavy atom. The Labute approximate surface area is 389 Å². The van der Waals surface area contributed by atoms with Gasteiger partial charge in [0.05, 0.1) is 43.5 Å². The van der Waals surface area contributed by atoms with Gasteiger partial charge in [-0.25, -0.2) is 9.13 Å². The SMILES string of the molecule is CCCCC/C=C\C/C=C\CCCCCCCC(=O)O[C@@H]1COC(=O)C/C=C\C[C@H]2[C@@H](O)[C@H](O)[C@@H](O)[C@H](OP(=O)(O)OC1)[C@H](OP(=O)(O)O)[C@H](O)[C@@H](/C=C/[C@H](O)CCCCC)[C@H](O)C[C@@H]2O. The number of aliphatic hydroxyl groups excluding tert-OH is 7. The van der Waals surface area contributed by atoms with E-state index in [0.717, 1.165) is 57.4 Å². The topological polar surface area (TPSA) is 317 Å². The predicted molar refractivity (Wildman–Crippen MR) is 243 cm³/mol. The lowest BCUT2D eigenvalue weighted by Gasteiger charge is -2.38. The maximum absolute atomic E-state index is 13.7. The number of aliphatic hydroxyl groups is 7. The van der Waals surface area contributed by atoms with Gasteiger partial charge in [-0.05, 0) is 51.4 Å². The third-order valence-corrected chi connectivity index (χ3v) is 13.0. The molecule has 0 amide bonds. The van der Waals surface area contributed by atoms with E-state index in [9.17, 15) is 69.1 Å². The fourth-order valence-corrected chi connectivity index (χ4v) is 9.20. The van der Waals surface area contributed by atoms with Crippen LogP contribution in [0, 0.1) is 11.8 Å². The Kier molecular flexibility index (Phi) is 29.6. The molecule has 0 aromatic rings. The zero-order chi connectivity index (χ0) is 49.1. The van der Waals surface area contributed by atoms with Crippen LogP contribution in [0.5, 0.6) is 0 Å². The van der Waals surface area contributed by atoms with Crippen molar-refractivity contribution in [3.63, 3.8) is 0 Å². The van der Waals surface area contributed by atoms with Gasteiger partial charge in [0.25, 0.3) is 0 Å². The highest BCUT2D eigenvalue weighted by Crippen LogP contribution is 2.49. The largest absolute Gasteiger partial charge is 0.472 e. The highest BCUT2D eigenvalue weighted by Gasteiger charge is 2.51. The number of rotatable bonds is 23. The van der Waals surface area contributed by atoms with Gasteiger partial charge >= 0.3 is 27.6 Å². The van der Waals surface area contributed by atoms with Crippen molar-refractivity contribution in [3.05, 3.63) is 48.6 Å².